The summed E-state index contributed by atoms with van der Waals surface area (Å²) >= 11 is 0. The zero-order chi connectivity index (χ0) is 14.8. The van der Waals surface area contributed by atoms with Gasteiger partial charge in [0, 0.05) is 29.8 Å². The maximum absolute atomic E-state index is 11.9. The van der Waals surface area contributed by atoms with Crippen molar-refractivity contribution in [3.05, 3.63) is 35.0 Å². The Bertz CT molecular complexity index is 790. The third kappa shape index (κ3) is 2.68. The molecule has 4 heteroatoms. The van der Waals surface area contributed by atoms with Crippen molar-refractivity contribution >= 4 is 22.6 Å². The molecule has 1 aliphatic carbocycles. The van der Waals surface area contributed by atoms with Gasteiger partial charge >= 0.3 is 0 Å². The highest BCUT2D eigenvalue weighted by molar-refractivity contribution is 6.03. The molecule has 2 aromatic rings. The number of rotatable bonds is 1. The summed E-state index contributed by atoms with van der Waals surface area (Å²) in [6, 6.07) is 5.91. The van der Waals surface area contributed by atoms with Gasteiger partial charge in [0.1, 0.15) is 0 Å². The number of aromatic nitrogens is 1. The van der Waals surface area contributed by atoms with Crippen LogP contribution in [0.25, 0.3) is 10.9 Å². The number of fused-ring (bicyclic) bond motifs is 3. The first kappa shape index (κ1) is 13.4. The molecule has 1 heterocycles. The number of Topliss-reactive ketones (excluding diaryl/α,β-unsaturated/α-hetero) is 1. The van der Waals surface area contributed by atoms with Crippen LogP contribution in [0.3, 0.4) is 0 Å². The number of amides is 1. The maximum atomic E-state index is 11.9. The second kappa shape index (κ2) is 5.45. The van der Waals surface area contributed by atoms with E-state index < -0.39 is 0 Å². The molecule has 4 nitrogen and oxygen atoms in total. The van der Waals surface area contributed by atoms with Gasteiger partial charge in [-0.2, -0.15) is 0 Å². The van der Waals surface area contributed by atoms with Crippen LogP contribution in [-0.4, -0.2) is 23.2 Å². The fourth-order valence-corrected chi connectivity index (χ4v) is 2.69. The molecule has 0 spiro atoms. The molecule has 0 bridgehead atoms. The van der Waals surface area contributed by atoms with Crippen molar-refractivity contribution in [3.63, 3.8) is 0 Å². The molecule has 2 N–H and O–H groups in total. The Balaban J connectivity index is 1.93. The Hall–Kier alpha value is -2.54. The first-order valence-electron chi connectivity index (χ1n) is 7.06. The summed E-state index contributed by atoms with van der Waals surface area (Å²) < 4.78 is 0. The molecule has 0 saturated heterocycles. The lowest BCUT2D eigenvalue weighted by Gasteiger charge is -2.09. The van der Waals surface area contributed by atoms with Crippen LogP contribution in [0.15, 0.2) is 18.2 Å². The number of hydrogen-bond donors (Lipinski definition) is 2. The van der Waals surface area contributed by atoms with Crippen molar-refractivity contribution in [1.82, 2.24) is 10.3 Å². The second-order valence-electron chi connectivity index (χ2n) is 5.23. The van der Waals surface area contributed by atoms with Crippen molar-refractivity contribution in [2.75, 3.05) is 6.54 Å². The third-order valence-corrected chi connectivity index (χ3v) is 3.67. The number of H-pyrrole nitrogens is 1. The molecule has 21 heavy (non-hydrogen) atoms. The number of aryl methyl sites for hydroxylation is 1. The van der Waals surface area contributed by atoms with Gasteiger partial charge in [-0.15, -0.1) is 0 Å². The fourth-order valence-electron chi connectivity index (χ4n) is 2.69. The number of carbonyl (C=O) groups excluding carboxylic acids is 2. The highest BCUT2D eigenvalue weighted by Crippen LogP contribution is 2.29. The van der Waals surface area contributed by atoms with Gasteiger partial charge in [0.05, 0.1) is 12.2 Å². The summed E-state index contributed by atoms with van der Waals surface area (Å²) in [4.78, 5) is 25.9. The molecule has 1 aliphatic rings. The summed E-state index contributed by atoms with van der Waals surface area (Å²) in [6.07, 6.45) is 2.48. The molecule has 1 aromatic carbocycles. The Morgan fingerprint density at radius 1 is 1.38 bits per heavy atom. The number of nitrogens with one attached hydrogen (secondary N) is 2. The largest absolute Gasteiger partial charge is 0.352 e. The summed E-state index contributed by atoms with van der Waals surface area (Å²) in [5, 5.41) is 3.73. The summed E-state index contributed by atoms with van der Waals surface area (Å²) in [5.41, 5.74) is 3.77. The highest BCUT2D eigenvalue weighted by atomic mass is 16.1. The monoisotopic (exact) mass is 280 g/mol. The molecule has 1 aromatic heterocycles. The van der Waals surface area contributed by atoms with E-state index in [9.17, 15) is 9.59 Å². The van der Waals surface area contributed by atoms with Crippen molar-refractivity contribution in [2.24, 2.45) is 0 Å². The van der Waals surface area contributed by atoms with Crippen LogP contribution >= 0.6 is 0 Å². The molecular formula is C17H16N2O2. The second-order valence-corrected chi connectivity index (χ2v) is 5.23. The molecule has 0 radical (unpaired) electrons. The number of ketones is 1. The molecule has 0 atom stereocenters. The molecular weight excluding hydrogens is 264 g/mol. The molecule has 106 valence electrons. The van der Waals surface area contributed by atoms with E-state index in [1.807, 2.05) is 18.2 Å². The minimum atomic E-state index is -0.0852. The average molecular weight is 280 g/mol. The van der Waals surface area contributed by atoms with E-state index >= 15 is 0 Å². The lowest BCUT2D eigenvalue weighted by atomic mass is 9.94. The molecule has 0 unspecified atom stereocenters. The van der Waals surface area contributed by atoms with Crippen LogP contribution < -0.4 is 5.32 Å². The minimum Gasteiger partial charge on any atom is -0.352 e. The predicted molar refractivity (Wildman–Crippen MR) is 81.1 cm³/mol. The van der Waals surface area contributed by atoms with Crippen LogP contribution in [0.5, 0.6) is 0 Å². The zero-order valence-corrected chi connectivity index (χ0v) is 11.9. The topological polar surface area (TPSA) is 62.0 Å². The van der Waals surface area contributed by atoms with Crippen LogP contribution in [0, 0.1) is 11.8 Å². The van der Waals surface area contributed by atoms with Gasteiger partial charge in [0.2, 0.25) is 5.91 Å². The number of hydrogen-bond acceptors (Lipinski definition) is 2. The minimum absolute atomic E-state index is 0.0852. The third-order valence-electron chi connectivity index (χ3n) is 3.67. The van der Waals surface area contributed by atoms with E-state index in [0.717, 1.165) is 40.6 Å². The fraction of sp³-hybridized carbons (Fsp3) is 0.294. The van der Waals surface area contributed by atoms with E-state index in [4.69, 9.17) is 0 Å². The number of aromatic amines is 1. The Kier molecular flexibility index (Phi) is 3.49. The number of carbonyl (C=O) groups is 2. The standard InChI is InChI=1S/C17H16N2O2/c1-11(20)18-9-3-4-12-7-8-15-14(10-12)13-5-2-6-16(21)17(13)19-15/h7-8,10,19H,2,5-6,9H2,1H3,(H,18,20). The average Bonchev–Trinajstić information content (AvgIpc) is 2.83. The molecule has 1 amide bonds. The molecule has 0 saturated carbocycles. The van der Waals surface area contributed by atoms with Crippen molar-refractivity contribution in [1.29, 1.82) is 0 Å². The Labute approximate surface area is 122 Å². The molecule has 0 aliphatic heterocycles. The zero-order valence-electron chi connectivity index (χ0n) is 11.9. The highest BCUT2D eigenvalue weighted by Gasteiger charge is 2.21. The normalized spacial score (nSPS) is 13.5. The SMILES string of the molecule is CC(=O)NCC#Cc1ccc2[nH]c3c(c2c1)CCCC3=O. The smallest absolute Gasteiger partial charge is 0.217 e. The Morgan fingerprint density at radius 3 is 3.05 bits per heavy atom. The molecule has 3 rings (SSSR count). The van der Waals surface area contributed by atoms with E-state index in [0.29, 0.717) is 13.0 Å². The van der Waals surface area contributed by atoms with E-state index in [2.05, 4.69) is 22.1 Å². The first-order valence-corrected chi connectivity index (χ1v) is 7.06. The van der Waals surface area contributed by atoms with E-state index in [1.165, 1.54) is 6.92 Å². The van der Waals surface area contributed by atoms with Gasteiger partial charge in [-0.25, -0.2) is 0 Å². The quantitative estimate of drug-likeness (QED) is 0.786. The van der Waals surface area contributed by atoms with Crippen LogP contribution in [0.2, 0.25) is 0 Å². The van der Waals surface area contributed by atoms with Gasteiger partial charge in [0.25, 0.3) is 0 Å². The van der Waals surface area contributed by atoms with Crippen molar-refractivity contribution in [3.8, 4) is 11.8 Å². The van der Waals surface area contributed by atoms with E-state index in [-0.39, 0.29) is 11.7 Å². The van der Waals surface area contributed by atoms with Gasteiger partial charge in [-0.05, 0) is 36.6 Å². The lowest BCUT2D eigenvalue weighted by molar-refractivity contribution is -0.118. The van der Waals surface area contributed by atoms with Crippen molar-refractivity contribution < 1.29 is 9.59 Å². The summed E-state index contributed by atoms with van der Waals surface area (Å²) in [7, 11) is 0. The van der Waals surface area contributed by atoms with Crippen molar-refractivity contribution in [2.45, 2.75) is 26.2 Å². The van der Waals surface area contributed by atoms with Gasteiger partial charge < -0.3 is 10.3 Å². The summed E-state index contributed by atoms with van der Waals surface area (Å²) in [6.45, 7) is 1.81. The van der Waals surface area contributed by atoms with E-state index in [1.54, 1.807) is 0 Å². The number of benzene rings is 1. The van der Waals surface area contributed by atoms with Crippen LogP contribution in [0.1, 0.15) is 41.4 Å². The lowest BCUT2D eigenvalue weighted by Crippen LogP contribution is -2.19. The van der Waals surface area contributed by atoms with Gasteiger partial charge in [0.15, 0.2) is 5.78 Å². The molecule has 0 fully saturated rings. The van der Waals surface area contributed by atoms with Gasteiger partial charge in [-0.3, -0.25) is 9.59 Å². The first-order chi connectivity index (χ1) is 10.1. The predicted octanol–water partition coefficient (Wildman–Crippen LogP) is 2.17. The Morgan fingerprint density at radius 2 is 2.24 bits per heavy atom. The van der Waals surface area contributed by atoms with Crippen LogP contribution in [-0.2, 0) is 11.2 Å². The van der Waals surface area contributed by atoms with Gasteiger partial charge in [-0.1, -0.05) is 11.8 Å². The maximum Gasteiger partial charge on any atom is 0.217 e. The summed E-state index contributed by atoms with van der Waals surface area (Å²) in [5.74, 6) is 6.07. The van der Waals surface area contributed by atoms with Crippen LogP contribution in [0.4, 0.5) is 0 Å².